The first-order valence-corrected chi connectivity index (χ1v) is 3.08. The fraction of sp³-hybridized carbons (Fsp3) is 0.571. The molecule has 2 nitrogen and oxygen atoms in total. The summed E-state index contributed by atoms with van der Waals surface area (Å²) >= 11 is 0. The maximum atomic E-state index is 10.2. The largest absolute Gasteiger partial charge is 0.380 e. The topological polar surface area (TPSA) is 29.1 Å². The molecule has 1 unspecified atom stereocenters. The van der Waals surface area contributed by atoms with Gasteiger partial charge >= 0.3 is 0 Å². The Morgan fingerprint density at radius 2 is 2.44 bits per heavy atom. The summed E-state index contributed by atoms with van der Waals surface area (Å²) in [5.41, 5.74) is 0.842. The molecule has 9 heavy (non-hydrogen) atoms. The van der Waals surface area contributed by atoms with Crippen LogP contribution in [-0.4, -0.2) is 12.3 Å². The van der Waals surface area contributed by atoms with Crippen LogP contribution in [0.4, 0.5) is 0 Å². The van der Waals surface area contributed by atoms with Crippen LogP contribution in [0.15, 0.2) is 12.3 Å². The van der Waals surface area contributed by atoms with E-state index in [2.05, 4.69) is 11.9 Å². The van der Waals surface area contributed by atoms with Crippen LogP contribution in [0.3, 0.4) is 0 Å². The summed E-state index contributed by atoms with van der Waals surface area (Å²) in [6, 6.07) is -0.0532. The predicted octanol–water partition coefficient (Wildman–Crippen LogP) is 1.09. The lowest BCUT2D eigenvalue weighted by atomic mass is 10.2. The predicted molar refractivity (Wildman–Crippen MR) is 38.1 cm³/mol. The van der Waals surface area contributed by atoms with Crippen LogP contribution >= 0.6 is 0 Å². The summed E-state index contributed by atoms with van der Waals surface area (Å²) in [7, 11) is 0. The van der Waals surface area contributed by atoms with Gasteiger partial charge in [-0.25, -0.2) is 0 Å². The van der Waals surface area contributed by atoms with Gasteiger partial charge < -0.3 is 10.1 Å². The number of hydrogen-bond donors (Lipinski definition) is 1. The summed E-state index contributed by atoms with van der Waals surface area (Å²) in [5, 5.41) is 2.92. The minimum Gasteiger partial charge on any atom is -0.380 e. The molecule has 0 amide bonds. The zero-order valence-electron chi connectivity index (χ0n) is 5.98. The lowest BCUT2D eigenvalue weighted by molar-refractivity contribution is -0.109. The van der Waals surface area contributed by atoms with Crippen molar-refractivity contribution in [3.8, 4) is 0 Å². The van der Waals surface area contributed by atoms with Crippen molar-refractivity contribution in [3.05, 3.63) is 12.3 Å². The molecule has 0 heterocycles. The summed E-state index contributed by atoms with van der Waals surface area (Å²) in [4.78, 5) is 10.2. The molecular weight excluding hydrogens is 114 g/mol. The van der Waals surface area contributed by atoms with Crippen LogP contribution in [0.5, 0.6) is 0 Å². The van der Waals surface area contributed by atoms with E-state index in [1.807, 2.05) is 13.8 Å². The van der Waals surface area contributed by atoms with Gasteiger partial charge in [-0.15, -0.1) is 0 Å². The van der Waals surface area contributed by atoms with Crippen molar-refractivity contribution in [2.75, 3.05) is 0 Å². The summed E-state index contributed by atoms with van der Waals surface area (Å²) in [6.45, 7) is 7.41. The Labute approximate surface area is 56.0 Å². The minimum absolute atomic E-state index is 0.0532. The molecule has 0 saturated carbocycles. The van der Waals surface area contributed by atoms with Gasteiger partial charge in [0, 0.05) is 5.70 Å². The van der Waals surface area contributed by atoms with E-state index < -0.39 is 0 Å². The Hall–Kier alpha value is -0.790. The number of rotatable bonds is 4. The van der Waals surface area contributed by atoms with Gasteiger partial charge in [-0.2, -0.15) is 0 Å². The second-order valence-electron chi connectivity index (χ2n) is 2.08. The highest BCUT2D eigenvalue weighted by Gasteiger charge is 1.99. The van der Waals surface area contributed by atoms with E-state index in [0.29, 0.717) is 0 Å². The molecule has 0 aliphatic carbocycles. The fourth-order valence-electron chi connectivity index (χ4n) is 0.549. The lowest BCUT2D eigenvalue weighted by Crippen LogP contribution is -2.27. The van der Waals surface area contributed by atoms with Crippen LogP contribution < -0.4 is 5.32 Å². The quantitative estimate of drug-likeness (QED) is 0.573. The molecule has 2 heteroatoms. The van der Waals surface area contributed by atoms with Crippen LogP contribution in [0, 0.1) is 0 Å². The number of hydrogen-bond acceptors (Lipinski definition) is 2. The minimum atomic E-state index is -0.0532. The van der Waals surface area contributed by atoms with Crippen LogP contribution in [0.25, 0.3) is 0 Å². The molecule has 52 valence electrons. The third-order valence-electron chi connectivity index (χ3n) is 1.04. The highest BCUT2D eigenvalue weighted by atomic mass is 16.1. The van der Waals surface area contributed by atoms with E-state index in [9.17, 15) is 4.79 Å². The van der Waals surface area contributed by atoms with E-state index in [1.165, 1.54) is 0 Å². The monoisotopic (exact) mass is 127 g/mol. The standard InChI is InChI=1S/C7H13NO/c1-4-7(5-9)8-6(2)3/h5,7-8H,2,4H2,1,3H3. The van der Waals surface area contributed by atoms with Gasteiger partial charge in [0.05, 0.1) is 6.04 Å². The molecule has 0 fully saturated rings. The summed E-state index contributed by atoms with van der Waals surface area (Å²) < 4.78 is 0. The third kappa shape index (κ3) is 3.76. The van der Waals surface area contributed by atoms with Crippen molar-refractivity contribution in [1.29, 1.82) is 0 Å². The SMILES string of the molecule is C=C(C)NC(C=O)CC. The van der Waals surface area contributed by atoms with Gasteiger partial charge in [0.1, 0.15) is 6.29 Å². The van der Waals surface area contributed by atoms with Crippen LogP contribution in [0.2, 0.25) is 0 Å². The van der Waals surface area contributed by atoms with Crippen molar-refractivity contribution in [2.45, 2.75) is 26.3 Å². The molecule has 0 saturated heterocycles. The fourth-order valence-corrected chi connectivity index (χ4v) is 0.549. The van der Waals surface area contributed by atoms with Crippen molar-refractivity contribution in [1.82, 2.24) is 5.32 Å². The van der Waals surface area contributed by atoms with Crippen molar-refractivity contribution in [2.24, 2.45) is 0 Å². The van der Waals surface area contributed by atoms with Gasteiger partial charge in [-0.3, -0.25) is 0 Å². The summed E-state index contributed by atoms with van der Waals surface area (Å²) in [6.07, 6.45) is 1.71. The molecular formula is C7H13NO. The number of aldehydes is 1. The first kappa shape index (κ1) is 8.21. The first-order chi connectivity index (χ1) is 4.20. The first-order valence-electron chi connectivity index (χ1n) is 3.08. The molecule has 1 atom stereocenters. The molecule has 0 aliphatic rings. The van der Waals surface area contributed by atoms with Crippen molar-refractivity contribution in [3.63, 3.8) is 0 Å². The maximum Gasteiger partial charge on any atom is 0.142 e. The van der Waals surface area contributed by atoms with Gasteiger partial charge in [0.15, 0.2) is 0 Å². The van der Waals surface area contributed by atoms with Crippen molar-refractivity contribution < 1.29 is 4.79 Å². The zero-order chi connectivity index (χ0) is 7.28. The molecule has 0 radical (unpaired) electrons. The van der Waals surface area contributed by atoms with Gasteiger partial charge in [0.25, 0.3) is 0 Å². The Morgan fingerprint density at radius 1 is 1.89 bits per heavy atom. The van der Waals surface area contributed by atoms with E-state index in [1.54, 1.807) is 0 Å². The van der Waals surface area contributed by atoms with Gasteiger partial charge in [0.2, 0.25) is 0 Å². The average molecular weight is 127 g/mol. The van der Waals surface area contributed by atoms with E-state index in [-0.39, 0.29) is 6.04 Å². The van der Waals surface area contributed by atoms with E-state index in [4.69, 9.17) is 0 Å². The Balaban J connectivity index is 3.55. The molecule has 0 spiro atoms. The third-order valence-corrected chi connectivity index (χ3v) is 1.04. The molecule has 0 aromatic carbocycles. The molecule has 0 rings (SSSR count). The Morgan fingerprint density at radius 3 is 2.56 bits per heavy atom. The normalized spacial score (nSPS) is 12.2. The maximum absolute atomic E-state index is 10.2. The zero-order valence-corrected chi connectivity index (χ0v) is 5.98. The second kappa shape index (κ2) is 4.13. The number of nitrogens with one attached hydrogen (secondary N) is 1. The van der Waals surface area contributed by atoms with E-state index in [0.717, 1.165) is 18.4 Å². The molecule has 0 aromatic rings. The molecule has 0 aliphatic heterocycles. The second-order valence-corrected chi connectivity index (χ2v) is 2.08. The Bertz CT molecular complexity index is 109. The molecule has 0 bridgehead atoms. The highest BCUT2D eigenvalue weighted by Crippen LogP contribution is 1.89. The highest BCUT2D eigenvalue weighted by molar-refractivity contribution is 5.57. The smallest absolute Gasteiger partial charge is 0.142 e. The number of allylic oxidation sites excluding steroid dienone is 1. The average Bonchev–Trinajstić information content (AvgIpc) is 1.82. The van der Waals surface area contributed by atoms with E-state index >= 15 is 0 Å². The number of carbonyl (C=O) groups excluding carboxylic acids is 1. The lowest BCUT2D eigenvalue weighted by Gasteiger charge is -2.09. The van der Waals surface area contributed by atoms with Gasteiger partial charge in [-0.1, -0.05) is 13.5 Å². The van der Waals surface area contributed by atoms with Crippen molar-refractivity contribution >= 4 is 6.29 Å². The van der Waals surface area contributed by atoms with Gasteiger partial charge in [-0.05, 0) is 13.3 Å². The number of carbonyl (C=O) groups is 1. The van der Waals surface area contributed by atoms with Crippen LogP contribution in [-0.2, 0) is 4.79 Å². The molecule has 1 N–H and O–H groups in total. The summed E-state index contributed by atoms with van der Waals surface area (Å²) in [5.74, 6) is 0. The van der Waals surface area contributed by atoms with Crippen LogP contribution in [0.1, 0.15) is 20.3 Å². The molecule has 0 aromatic heterocycles. The Kier molecular flexibility index (Phi) is 3.76.